The van der Waals surface area contributed by atoms with Gasteiger partial charge in [-0.2, -0.15) is 0 Å². The highest BCUT2D eigenvalue weighted by Gasteiger charge is 2.13. The number of methoxy groups -OCH3 is 1. The molecule has 78 valence electrons. The van der Waals surface area contributed by atoms with Crippen molar-refractivity contribution in [2.24, 2.45) is 0 Å². The smallest absolute Gasteiger partial charge is 0.354 e. The summed E-state index contributed by atoms with van der Waals surface area (Å²) < 4.78 is 5.27. The summed E-state index contributed by atoms with van der Waals surface area (Å²) in [6, 6.07) is 1.61. The summed E-state index contributed by atoms with van der Waals surface area (Å²) in [5.74, 6) is -0.444. The molecule has 2 rings (SSSR count). The number of pyridine rings is 1. The highest BCUT2D eigenvalue weighted by Crippen LogP contribution is 2.29. The van der Waals surface area contributed by atoms with Gasteiger partial charge in [-0.1, -0.05) is 11.6 Å². The molecule has 0 saturated heterocycles. The summed E-state index contributed by atoms with van der Waals surface area (Å²) in [7, 11) is 1.32. The first-order valence-electron chi connectivity index (χ1n) is 4.04. The number of hydrogen-bond acceptors (Lipinski definition) is 3. The highest BCUT2D eigenvalue weighted by atomic mass is 79.9. The van der Waals surface area contributed by atoms with Crippen molar-refractivity contribution in [1.82, 2.24) is 9.97 Å². The number of ether oxygens (including phenoxy) is 1. The fourth-order valence-electron chi connectivity index (χ4n) is 1.24. The summed E-state index contributed by atoms with van der Waals surface area (Å²) >= 11 is 9.28. The quantitative estimate of drug-likeness (QED) is 0.821. The second kappa shape index (κ2) is 3.83. The molecule has 15 heavy (non-hydrogen) atoms. The monoisotopic (exact) mass is 288 g/mol. The molecule has 0 atom stereocenters. The average molecular weight is 290 g/mol. The van der Waals surface area contributed by atoms with E-state index in [-0.39, 0.29) is 0 Å². The Kier molecular flexibility index (Phi) is 2.67. The van der Waals surface area contributed by atoms with Crippen LogP contribution < -0.4 is 0 Å². The number of nitrogens with one attached hydrogen (secondary N) is 1. The lowest BCUT2D eigenvalue weighted by molar-refractivity contribution is 0.0595. The molecule has 0 bridgehead atoms. The van der Waals surface area contributed by atoms with Crippen molar-refractivity contribution in [2.75, 3.05) is 7.11 Å². The Balaban J connectivity index is 2.66. The third kappa shape index (κ3) is 1.72. The maximum absolute atomic E-state index is 11.2. The Morgan fingerprint density at radius 3 is 3.07 bits per heavy atom. The van der Waals surface area contributed by atoms with E-state index < -0.39 is 5.97 Å². The van der Waals surface area contributed by atoms with E-state index in [1.807, 2.05) is 0 Å². The fraction of sp³-hybridized carbons (Fsp3) is 0.111. The summed E-state index contributed by atoms with van der Waals surface area (Å²) in [6.07, 6.45) is 1.57. The predicted octanol–water partition coefficient (Wildman–Crippen LogP) is 2.77. The zero-order valence-corrected chi connectivity index (χ0v) is 10.0. The molecule has 1 N–H and O–H groups in total. The molecule has 0 aliphatic heterocycles. The van der Waals surface area contributed by atoms with Crippen molar-refractivity contribution in [3.63, 3.8) is 0 Å². The first-order chi connectivity index (χ1) is 7.13. The van der Waals surface area contributed by atoms with Crippen LogP contribution in [0.3, 0.4) is 0 Å². The number of aromatic amines is 1. The maximum atomic E-state index is 11.2. The van der Waals surface area contributed by atoms with Crippen LogP contribution in [0.25, 0.3) is 11.0 Å². The van der Waals surface area contributed by atoms with Gasteiger partial charge in [-0.25, -0.2) is 9.78 Å². The lowest BCUT2D eigenvalue weighted by Gasteiger charge is -1.94. The molecule has 6 heteroatoms. The highest BCUT2D eigenvalue weighted by molar-refractivity contribution is 9.10. The Morgan fingerprint density at radius 2 is 2.40 bits per heavy atom. The lowest BCUT2D eigenvalue weighted by atomic mass is 10.3. The third-order valence-corrected chi connectivity index (χ3v) is 3.19. The van der Waals surface area contributed by atoms with Gasteiger partial charge in [0.25, 0.3) is 0 Å². The minimum Gasteiger partial charge on any atom is -0.464 e. The minimum atomic E-state index is -0.444. The normalized spacial score (nSPS) is 10.6. The second-order valence-corrected chi connectivity index (χ2v) is 4.09. The van der Waals surface area contributed by atoms with Gasteiger partial charge in [0, 0.05) is 11.6 Å². The molecule has 0 saturated carbocycles. The SMILES string of the molecule is COC(=O)c1cc2c(Cl)c(Br)cnc2[nH]1. The van der Waals surface area contributed by atoms with Crippen molar-refractivity contribution in [2.45, 2.75) is 0 Å². The lowest BCUT2D eigenvalue weighted by Crippen LogP contribution is -2.00. The molecule has 0 aromatic carbocycles. The molecule has 0 unspecified atom stereocenters. The number of rotatable bonds is 1. The van der Waals surface area contributed by atoms with E-state index in [1.54, 1.807) is 12.3 Å². The third-order valence-electron chi connectivity index (χ3n) is 1.96. The van der Waals surface area contributed by atoms with Crippen LogP contribution >= 0.6 is 27.5 Å². The number of H-pyrrole nitrogens is 1. The summed E-state index contributed by atoms with van der Waals surface area (Å²) in [5, 5.41) is 1.21. The number of hydrogen-bond donors (Lipinski definition) is 1. The number of nitrogens with zero attached hydrogens (tertiary/aromatic N) is 1. The number of aromatic nitrogens is 2. The van der Waals surface area contributed by atoms with E-state index in [1.165, 1.54) is 7.11 Å². The maximum Gasteiger partial charge on any atom is 0.354 e. The predicted molar refractivity (Wildman–Crippen MR) is 60.1 cm³/mol. The van der Waals surface area contributed by atoms with Gasteiger partial charge in [-0.15, -0.1) is 0 Å². The number of carbonyl (C=O) groups is 1. The van der Waals surface area contributed by atoms with Crippen LogP contribution in [0.4, 0.5) is 0 Å². The van der Waals surface area contributed by atoms with Crippen LogP contribution in [0.2, 0.25) is 5.02 Å². The van der Waals surface area contributed by atoms with E-state index in [4.69, 9.17) is 11.6 Å². The van der Waals surface area contributed by atoms with Crippen LogP contribution in [-0.4, -0.2) is 23.0 Å². The van der Waals surface area contributed by atoms with Crippen LogP contribution in [0.1, 0.15) is 10.5 Å². The first kappa shape index (κ1) is 10.4. The second-order valence-electron chi connectivity index (χ2n) is 2.86. The molecule has 2 aromatic heterocycles. The topological polar surface area (TPSA) is 55.0 Å². The van der Waals surface area contributed by atoms with Gasteiger partial charge in [-0.3, -0.25) is 0 Å². The van der Waals surface area contributed by atoms with Crippen molar-refractivity contribution in [1.29, 1.82) is 0 Å². The molecule has 0 aliphatic rings. The zero-order chi connectivity index (χ0) is 11.0. The molecule has 4 nitrogen and oxygen atoms in total. The van der Waals surface area contributed by atoms with Crippen molar-refractivity contribution >= 4 is 44.5 Å². The van der Waals surface area contributed by atoms with Gasteiger partial charge in [0.1, 0.15) is 11.3 Å². The summed E-state index contributed by atoms with van der Waals surface area (Å²) in [5.41, 5.74) is 0.892. The molecule has 2 aromatic rings. The number of halogens is 2. The van der Waals surface area contributed by atoms with E-state index in [2.05, 4.69) is 30.6 Å². The molecule has 0 spiro atoms. The largest absolute Gasteiger partial charge is 0.464 e. The average Bonchev–Trinajstić information content (AvgIpc) is 2.67. The Labute approximate surface area is 98.7 Å². The molecule has 0 aliphatic carbocycles. The first-order valence-corrected chi connectivity index (χ1v) is 5.21. The summed E-state index contributed by atoms with van der Waals surface area (Å²) in [4.78, 5) is 18.2. The van der Waals surface area contributed by atoms with Crippen LogP contribution in [0.5, 0.6) is 0 Å². The van der Waals surface area contributed by atoms with Gasteiger partial charge in [0.05, 0.1) is 16.6 Å². The molecular weight excluding hydrogens is 283 g/mol. The molecule has 0 fully saturated rings. The van der Waals surface area contributed by atoms with E-state index in [0.29, 0.717) is 26.2 Å². The van der Waals surface area contributed by atoms with E-state index in [0.717, 1.165) is 0 Å². The van der Waals surface area contributed by atoms with Crippen molar-refractivity contribution in [3.05, 3.63) is 27.5 Å². The Bertz CT molecular complexity index is 538. The van der Waals surface area contributed by atoms with Crippen LogP contribution in [0.15, 0.2) is 16.7 Å². The fourth-order valence-corrected chi connectivity index (χ4v) is 1.75. The molecule has 0 amide bonds. The number of fused-ring (bicyclic) bond motifs is 1. The zero-order valence-electron chi connectivity index (χ0n) is 7.67. The van der Waals surface area contributed by atoms with Crippen molar-refractivity contribution < 1.29 is 9.53 Å². The molecule has 2 heterocycles. The van der Waals surface area contributed by atoms with Crippen LogP contribution in [-0.2, 0) is 4.74 Å². The number of carbonyl (C=O) groups excluding carboxylic acids is 1. The van der Waals surface area contributed by atoms with Gasteiger partial charge in [0.15, 0.2) is 0 Å². The van der Waals surface area contributed by atoms with Gasteiger partial charge >= 0.3 is 5.97 Å². The Morgan fingerprint density at radius 1 is 1.67 bits per heavy atom. The van der Waals surface area contributed by atoms with Gasteiger partial charge in [0.2, 0.25) is 0 Å². The Hall–Kier alpha value is -1.07. The van der Waals surface area contributed by atoms with E-state index in [9.17, 15) is 4.79 Å². The molecule has 0 radical (unpaired) electrons. The van der Waals surface area contributed by atoms with Crippen molar-refractivity contribution in [3.8, 4) is 0 Å². The number of esters is 1. The standard InChI is InChI=1S/C9H6BrClN2O2/c1-15-9(14)6-2-4-7(11)5(10)3-12-8(4)13-6/h2-3H,1H3,(H,12,13). The van der Waals surface area contributed by atoms with E-state index >= 15 is 0 Å². The minimum absolute atomic E-state index is 0.333. The van der Waals surface area contributed by atoms with Crippen LogP contribution in [0, 0.1) is 0 Å². The van der Waals surface area contributed by atoms with Gasteiger partial charge < -0.3 is 9.72 Å². The van der Waals surface area contributed by atoms with Gasteiger partial charge in [-0.05, 0) is 22.0 Å². The summed E-state index contributed by atoms with van der Waals surface area (Å²) in [6.45, 7) is 0. The molecular formula is C9H6BrClN2O2.